The standard InChI is InChI=1S/C26H20BrN3O4S/c1-32-23-12-7-16(13-24(23)33-2)22-14-19(34-29-22)15-35-26-28-21-6-4-3-5-20(21)25(31)30(26)18-10-8-17(27)9-11-18/h3-14H,15H2,1-2H3. The monoisotopic (exact) mass is 549 g/mol. The van der Waals surface area contributed by atoms with Crippen molar-refractivity contribution in [2.75, 3.05) is 14.2 Å². The third-order valence-electron chi connectivity index (χ3n) is 5.41. The Hall–Kier alpha value is -3.56. The van der Waals surface area contributed by atoms with Crippen LogP contribution in [-0.2, 0) is 5.75 Å². The topological polar surface area (TPSA) is 79.4 Å². The van der Waals surface area contributed by atoms with Gasteiger partial charge >= 0.3 is 0 Å². The van der Waals surface area contributed by atoms with Crippen LogP contribution in [0.3, 0.4) is 0 Å². The molecular formula is C26H20BrN3O4S. The molecule has 5 rings (SSSR count). The van der Waals surface area contributed by atoms with Crippen LogP contribution in [-0.4, -0.2) is 28.9 Å². The fourth-order valence-corrected chi connectivity index (χ4v) is 4.83. The molecule has 5 aromatic rings. The first kappa shape index (κ1) is 23.2. The van der Waals surface area contributed by atoms with E-state index in [-0.39, 0.29) is 5.56 Å². The minimum atomic E-state index is -0.121. The molecule has 0 unspecified atom stereocenters. The van der Waals surface area contributed by atoms with Crippen molar-refractivity contribution in [3.8, 4) is 28.4 Å². The van der Waals surface area contributed by atoms with Crippen LogP contribution >= 0.6 is 27.7 Å². The number of methoxy groups -OCH3 is 2. The van der Waals surface area contributed by atoms with E-state index >= 15 is 0 Å². The molecule has 0 fully saturated rings. The number of halogens is 1. The van der Waals surface area contributed by atoms with Gasteiger partial charge in [0, 0.05) is 16.1 Å². The first-order valence-electron chi connectivity index (χ1n) is 10.7. The number of hydrogen-bond acceptors (Lipinski definition) is 7. The van der Waals surface area contributed by atoms with Crippen LogP contribution in [0.15, 0.2) is 91.7 Å². The van der Waals surface area contributed by atoms with Gasteiger partial charge in [0.1, 0.15) is 11.5 Å². The molecule has 176 valence electrons. The molecule has 0 aliphatic carbocycles. The van der Waals surface area contributed by atoms with Gasteiger partial charge in [-0.1, -0.05) is 45.0 Å². The smallest absolute Gasteiger partial charge is 0.266 e. The molecule has 0 saturated carbocycles. The molecule has 9 heteroatoms. The van der Waals surface area contributed by atoms with Gasteiger partial charge in [-0.15, -0.1) is 0 Å². The molecule has 0 bridgehead atoms. The second-order valence-electron chi connectivity index (χ2n) is 7.57. The highest BCUT2D eigenvalue weighted by Crippen LogP contribution is 2.33. The van der Waals surface area contributed by atoms with E-state index in [1.165, 1.54) is 11.8 Å². The highest BCUT2D eigenvalue weighted by atomic mass is 79.9. The highest BCUT2D eigenvalue weighted by Gasteiger charge is 2.16. The molecule has 0 atom stereocenters. The summed E-state index contributed by atoms with van der Waals surface area (Å²) in [4.78, 5) is 18.2. The van der Waals surface area contributed by atoms with Crippen molar-refractivity contribution >= 4 is 38.6 Å². The molecule has 7 nitrogen and oxygen atoms in total. The second kappa shape index (κ2) is 9.97. The van der Waals surface area contributed by atoms with Crippen molar-refractivity contribution in [1.82, 2.24) is 14.7 Å². The second-order valence-corrected chi connectivity index (χ2v) is 9.42. The Morgan fingerprint density at radius 3 is 2.51 bits per heavy atom. The number of fused-ring (bicyclic) bond motifs is 1. The van der Waals surface area contributed by atoms with Gasteiger partial charge in [0.15, 0.2) is 16.7 Å². The SMILES string of the molecule is COc1ccc(-c2cc(CSc3nc4ccccc4c(=O)n3-c3ccc(Br)cc3)on2)cc1OC. The molecule has 0 radical (unpaired) electrons. The number of rotatable bonds is 7. The zero-order valence-electron chi connectivity index (χ0n) is 18.9. The summed E-state index contributed by atoms with van der Waals surface area (Å²) >= 11 is 4.86. The van der Waals surface area contributed by atoms with Crippen molar-refractivity contribution in [2.24, 2.45) is 0 Å². The molecule has 2 aromatic heterocycles. The maximum Gasteiger partial charge on any atom is 0.266 e. The first-order chi connectivity index (χ1) is 17.1. The number of ether oxygens (including phenoxy) is 2. The van der Waals surface area contributed by atoms with Crippen molar-refractivity contribution in [3.05, 3.63) is 93.4 Å². The lowest BCUT2D eigenvalue weighted by molar-refractivity contribution is 0.355. The summed E-state index contributed by atoms with van der Waals surface area (Å²) in [6.45, 7) is 0. The minimum Gasteiger partial charge on any atom is -0.493 e. The van der Waals surface area contributed by atoms with Crippen LogP contribution < -0.4 is 15.0 Å². The van der Waals surface area contributed by atoms with Gasteiger partial charge in [0.2, 0.25) is 0 Å². The van der Waals surface area contributed by atoms with Crippen molar-refractivity contribution in [1.29, 1.82) is 0 Å². The quantitative estimate of drug-likeness (QED) is 0.179. The summed E-state index contributed by atoms with van der Waals surface area (Å²) in [5.41, 5.74) is 2.79. The van der Waals surface area contributed by atoms with Crippen molar-refractivity contribution in [3.63, 3.8) is 0 Å². The minimum absolute atomic E-state index is 0.121. The molecule has 35 heavy (non-hydrogen) atoms. The highest BCUT2D eigenvalue weighted by molar-refractivity contribution is 9.10. The third-order valence-corrected chi connectivity index (χ3v) is 6.90. The van der Waals surface area contributed by atoms with Crippen LogP contribution in [0.5, 0.6) is 11.5 Å². The van der Waals surface area contributed by atoms with Crippen LogP contribution in [0.2, 0.25) is 0 Å². The fourth-order valence-electron chi connectivity index (χ4n) is 3.68. The van der Waals surface area contributed by atoms with Gasteiger partial charge in [-0.2, -0.15) is 0 Å². The van der Waals surface area contributed by atoms with E-state index < -0.39 is 0 Å². The maximum atomic E-state index is 13.4. The average Bonchev–Trinajstić information content (AvgIpc) is 3.37. The van der Waals surface area contributed by atoms with Crippen LogP contribution in [0, 0.1) is 0 Å². The molecule has 3 aromatic carbocycles. The van der Waals surface area contributed by atoms with E-state index in [1.54, 1.807) is 24.9 Å². The third kappa shape index (κ3) is 4.69. The molecule has 0 aliphatic heterocycles. The van der Waals surface area contributed by atoms with Crippen LogP contribution in [0.4, 0.5) is 0 Å². The Labute approximate surface area is 213 Å². The van der Waals surface area contributed by atoms with Gasteiger partial charge in [0.25, 0.3) is 5.56 Å². The zero-order valence-corrected chi connectivity index (χ0v) is 21.3. The number of thioether (sulfide) groups is 1. The first-order valence-corrected chi connectivity index (χ1v) is 12.4. The summed E-state index contributed by atoms with van der Waals surface area (Å²) in [6, 6.07) is 22.4. The summed E-state index contributed by atoms with van der Waals surface area (Å²) in [5, 5.41) is 5.34. The number of nitrogens with zero attached hydrogens (tertiary/aromatic N) is 3. The largest absolute Gasteiger partial charge is 0.493 e. The fraction of sp³-hybridized carbons (Fsp3) is 0.115. The summed E-state index contributed by atoms with van der Waals surface area (Å²) in [5.74, 6) is 2.36. The predicted octanol–water partition coefficient (Wildman–Crippen LogP) is 6.11. The molecule has 0 amide bonds. The number of aromatic nitrogens is 3. The van der Waals surface area contributed by atoms with Crippen molar-refractivity contribution < 1.29 is 14.0 Å². The lowest BCUT2D eigenvalue weighted by Crippen LogP contribution is -2.21. The van der Waals surface area contributed by atoms with E-state index in [1.807, 2.05) is 66.7 Å². The van der Waals surface area contributed by atoms with E-state index in [9.17, 15) is 4.79 Å². The maximum absolute atomic E-state index is 13.4. The summed E-state index contributed by atoms with van der Waals surface area (Å²) in [7, 11) is 3.19. The van der Waals surface area contributed by atoms with Crippen molar-refractivity contribution in [2.45, 2.75) is 10.9 Å². The Morgan fingerprint density at radius 1 is 0.971 bits per heavy atom. The summed E-state index contributed by atoms with van der Waals surface area (Å²) in [6.07, 6.45) is 0. The number of para-hydroxylation sites is 1. The molecule has 2 heterocycles. The molecular weight excluding hydrogens is 530 g/mol. The number of benzene rings is 3. The average molecular weight is 550 g/mol. The number of hydrogen-bond donors (Lipinski definition) is 0. The summed E-state index contributed by atoms with van der Waals surface area (Å²) < 4.78 is 18.8. The Bertz CT molecular complexity index is 1560. The van der Waals surface area contributed by atoms with Gasteiger partial charge < -0.3 is 14.0 Å². The van der Waals surface area contributed by atoms with Crippen LogP contribution in [0.1, 0.15) is 5.76 Å². The lowest BCUT2D eigenvalue weighted by atomic mass is 10.1. The van der Waals surface area contributed by atoms with Gasteiger partial charge in [-0.3, -0.25) is 9.36 Å². The zero-order chi connectivity index (χ0) is 24.4. The van der Waals surface area contributed by atoms with Crippen LogP contribution in [0.25, 0.3) is 27.8 Å². The van der Waals surface area contributed by atoms with Gasteiger partial charge in [0.05, 0.1) is 36.6 Å². The molecule has 0 spiro atoms. The normalized spacial score (nSPS) is 11.1. The van der Waals surface area contributed by atoms with E-state index in [0.29, 0.717) is 44.8 Å². The Kier molecular flexibility index (Phi) is 6.61. The van der Waals surface area contributed by atoms with E-state index in [2.05, 4.69) is 21.1 Å². The van der Waals surface area contributed by atoms with E-state index in [0.717, 1.165) is 15.7 Å². The van der Waals surface area contributed by atoms with Gasteiger partial charge in [-0.25, -0.2) is 4.98 Å². The molecule has 0 aliphatic rings. The lowest BCUT2D eigenvalue weighted by Gasteiger charge is -2.12. The predicted molar refractivity (Wildman–Crippen MR) is 140 cm³/mol. The van der Waals surface area contributed by atoms with Gasteiger partial charge in [-0.05, 0) is 54.6 Å². The Morgan fingerprint density at radius 2 is 1.74 bits per heavy atom. The van der Waals surface area contributed by atoms with E-state index in [4.69, 9.17) is 19.0 Å². The molecule has 0 saturated heterocycles. The molecule has 0 N–H and O–H groups in total. The Balaban J connectivity index is 1.47.